The van der Waals surface area contributed by atoms with Crippen molar-refractivity contribution >= 4 is 6.29 Å². The fraction of sp³-hybridized carbons (Fsp3) is 0.125. The van der Waals surface area contributed by atoms with Crippen LogP contribution in [0.25, 0.3) is 0 Å². The fourth-order valence-corrected chi connectivity index (χ4v) is 0.480. The molecule has 13 heavy (non-hydrogen) atoms. The van der Waals surface area contributed by atoms with Crippen molar-refractivity contribution in [2.24, 2.45) is 0 Å². The van der Waals surface area contributed by atoms with Gasteiger partial charge in [0.1, 0.15) is 12.0 Å². The van der Waals surface area contributed by atoms with Crippen molar-refractivity contribution < 1.29 is 22.7 Å². The third-order valence-electron chi connectivity index (χ3n) is 0.914. The highest BCUT2D eigenvalue weighted by Gasteiger charge is 2.31. The topological polar surface area (TPSA) is 26.3 Å². The molecule has 0 aromatic rings. The molecule has 2 nitrogen and oxygen atoms in total. The third kappa shape index (κ3) is 5.72. The zero-order valence-electron chi connectivity index (χ0n) is 6.60. The number of carbonyl (C=O) groups excluding carboxylic acids is 1. The molecule has 0 atom stereocenters. The summed E-state index contributed by atoms with van der Waals surface area (Å²) in [5.41, 5.74) is -0.126. The number of allylic oxidation sites excluding steroid dienone is 3. The van der Waals surface area contributed by atoms with Crippen LogP contribution in [0.4, 0.5) is 13.2 Å². The van der Waals surface area contributed by atoms with Crippen molar-refractivity contribution in [2.45, 2.75) is 6.36 Å². The molecule has 0 spiro atoms. The Morgan fingerprint density at radius 1 is 1.38 bits per heavy atom. The van der Waals surface area contributed by atoms with Gasteiger partial charge >= 0.3 is 6.36 Å². The minimum Gasteiger partial charge on any atom is -0.406 e. The molecule has 0 bridgehead atoms. The van der Waals surface area contributed by atoms with Crippen LogP contribution in [-0.4, -0.2) is 12.6 Å². The van der Waals surface area contributed by atoms with E-state index in [0.717, 1.165) is 12.2 Å². The molecule has 0 aromatic carbocycles. The van der Waals surface area contributed by atoms with Crippen LogP contribution in [-0.2, 0) is 9.53 Å². The van der Waals surface area contributed by atoms with Crippen LogP contribution in [0, 0.1) is 0 Å². The SMILES string of the molecule is C=C/C(=C\C(=C)C=O)OC(F)(F)F. The van der Waals surface area contributed by atoms with E-state index in [1.54, 1.807) is 0 Å². The first-order valence-electron chi connectivity index (χ1n) is 3.13. The van der Waals surface area contributed by atoms with Crippen LogP contribution in [0.3, 0.4) is 0 Å². The highest BCUT2D eigenvalue weighted by Crippen LogP contribution is 2.21. The first-order chi connectivity index (χ1) is 5.89. The number of hydrogen-bond donors (Lipinski definition) is 0. The van der Waals surface area contributed by atoms with Crippen molar-refractivity contribution in [3.05, 3.63) is 36.6 Å². The van der Waals surface area contributed by atoms with Gasteiger partial charge in [0.05, 0.1) is 0 Å². The summed E-state index contributed by atoms with van der Waals surface area (Å²) in [4.78, 5) is 10.0. The zero-order chi connectivity index (χ0) is 10.5. The highest BCUT2D eigenvalue weighted by molar-refractivity contribution is 5.76. The first-order valence-corrected chi connectivity index (χ1v) is 3.13. The molecule has 72 valence electrons. The second-order valence-electron chi connectivity index (χ2n) is 1.99. The number of hydrogen-bond acceptors (Lipinski definition) is 2. The molecule has 5 heteroatoms. The van der Waals surface area contributed by atoms with Crippen LogP contribution in [0.2, 0.25) is 0 Å². The maximum atomic E-state index is 11.6. The predicted octanol–water partition coefficient (Wildman–Crippen LogP) is 2.35. The van der Waals surface area contributed by atoms with E-state index in [1.165, 1.54) is 0 Å². The van der Waals surface area contributed by atoms with E-state index in [4.69, 9.17) is 0 Å². The van der Waals surface area contributed by atoms with Crippen LogP contribution in [0.15, 0.2) is 36.6 Å². The monoisotopic (exact) mass is 192 g/mol. The number of aldehydes is 1. The van der Waals surface area contributed by atoms with Gasteiger partial charge in [-0.3, -0.25) is 4.79 Å². The molecule has 0 radical (unpaired) electrons. The lowest BCUT2D eigenvalue weighted by Crippen LogP contribution is -2.12. The summed E-state index contributed by atoms with van der Waals surface area (Å²) in [5.74, 6) is -0.565. The van der Waals surface area contributed by atoms with Crippen molar-refractivity contribution in [1.82, 2.24) is 0 Å². The molecule has 0 saturated heterocycles. The lowest BCUT2D eigenvalue weighted by atomic mass is 10.3. The van der Waals surface area contributed by atoms with Gasteiger partial charge in [0.2, 0.25) is 0 Å². The Bertz CT molecular complexity index is 251. The Hall–Kier alpha value is -1.52. The van der Waals surface area contributed by atoms with Gasteiger partial charge in [-0.25, -0.2) is 0 Å². The van der Waals surface area contributed by atoms with Crippen molar-refractivity contribution in [3.8, 4) is 0 Å². The van der Waals surface area contributed by atoms with Gasteiger partial charge < -0.3 is 4.74 Å². The molecule has 0 aliphatic carbocycles. The molecule has 0 rings (SSSR count). The van der Waals surface area contributed by atoms with E-state index in [1.807, 2.05) is 0 Å². The lowest BCUT2D eigenvalue weighted by Gasteiger charge is -2.08. The molecule has 0 aliphatic rings. The molecule has 0 aliphatic heterocycles. The predicted molar refractivity (Wildman–Crippen MR) is 40.6 cm³/mol. The van der Waals surface area contributed by atoms with Crippen LogP contribution < -0.4 is 0 Å². The Balaban J connectivity index is 4.52. The van der Waals surface area contributed by atoms with E-state index in [0.29, 0.717) is 6.29 Å². The normalized spacial score (nSPS) is 12.1. The summed E-state index contributed by atoms with van der Waals surface area (Å²) >= 11 is 0. The Kier molecular flexibility index (Phi) is 3.97. The molecular formula is C8H7F3O2. The van der Waals surface area contributed by atoms with Crippen LogP contribution >= 0.6 is 0 Å². The summed E-state index contributed by atoms with van der Waals surface area (Å²) in [5, 5.41) is 0. The van der Waals surface area contributed by atoms with Gasteiger partial charge in [0.15, 0.2) is 0 Å². The first kappa shape index (κ1) is 11.5. The molecular weight excluding hydrogens is 185 g/mol. The van der Waals surface area contributed by atoms with Gasteiger partial charge in [-0.2, -0.15) is 0 Å². The number of ether oxygens (including phenoxy) is 1. The van der Waals surface area contributed by atoms with E-state index in [-0.39, 0.29) is 5.57 Å². The highest BCUT2D eigenvalue weighted by atomic mass is 19.4. The Labute approximate surface area is 73.0 Å². The molecule has 0 heterocycles. The van der Waals surface area contributed by atoms with Gasteiger partial charge in [-0.1, -0.05) is 13.2 Å². The van der Waals surface area contributed by atoms with E-state index in [9.17, 15) is 18.0 Å². The quantitative estimate of drug-likeness (QED) is 0.296. The second-order valence-corrected chi connectivity index (χ2v) is 1.99. The van der Waals surface area contributed by atoms with E-state index >= 15 is 0 Å². The minimum atomic E-state index is -4.79. The largest absolute Gasteiger partial charge is 0.573 e. The zero-order valence-corrected chi connectivity index (χ0v) is 6.60. The lowest BCUT2D eigenvalue weighted by molar-refractivity contribution is -0.303. The van der Waals surface area contributed by atoms with Gasteiger partial charge in [-0.05, 0) is 12.2 Å². The maximum Gasteiger partial charge on any atom is 0.573 e. The molecule has 0 unspecified atom stereocenters. The summed E-state index contributed by atoms with van der Waals surface area (Å²) in [6.07, 6.45) is -2.80. The maximum absolute atomic E-state index is 11.6. The second kappa shape index (κ2) is 4.49. The Morgan fingerprint density at radius 3 is 2.23 bits per heavy atom. The summed E-state index contributed by atoms with van der Waals surface area (Å²) in [6.45, 7) is 6.23. The van der Waals surface area contributed by atoms with Crippen molar-refractivity contribution in [2.75, 3.05) is 0 Å². The van der Waals surface area contributed by atoms with Crippen molar-refractivity contribution in [1.29, 1.82) is 0 Å². The van der Waals surface area contributed by atoms with Crippen molar-refractivity contribution in [3.63, 3.8) is 0 Å². The average Bonchev–Trinajstić information content (AvgIpc) is 2.00. The number of rotatable bonds is 4. The molecule has 0 aromatic heterocycles. The molecule has 0 fully saturated rings. The fourth-order valence-electron chi connectivity index (χ4n) is 0.480. The Morgan fingerprint density at radius 2 is 1.92 bits per heavy atom. The number of carbonyl (C=O) groups is 1. The van der Waals surface area contributed by atoms with Gasteiger partial charge in [-0.15, -0.1) is 13.2 Å². The van der Waals surface area contributed by atoms with Crippen LogP contribution in [0.5, 0.6) is 0 Å². The third-order valence-corrected chi connectivity index (χ3v) is 0.914. The smallest absolute Gasteiger partial charge is 0.406 e. The number of halogens is 3. The summed E-state index contributed by atoms with van der Waals surface area (Å²) in [7, 11) is 0. The van der Waals surface area contributed by atoms with E-state index in [2.05, 4.69) is 17.9 Å². The number of alkyl halides is 3. The van der Waals surface area contributed by atoms with Gasteiger partial charge in [0, 0.05) is 5.57 Å². The standard InChI is InChI=1S/C8H7F3O2/c1-3-7(4-6(2)5-12)13-8(9,10)11/h3-5H,1-2H2/b7-4+. The summed E-state index contributed by atoms with van der Waals surface area (Å²) in [6, 6.07) is 0. The van der Waals surface area contributed by atoms with Gasteiger partial charge in [0.25, 0.3) is 0 Å². The van der Waals surface area contributed by atoms with E-state index < -0.39 is 12.1 Å². The molecule has 0 amide bonds. The average molecular weight is 192 g/mol. The minimum absolute atomic E-state index is 0.126. The van der Waals surface area contributed by atoms with Crippen LogP contribution in [0.1, 0.15) is 0 Å². The summed E-state index contributed by atoms with van der Waals surface area (Å²) < 4.78 is 38.3. The molecule has 0 N–H and O–H groups in total. The molecule has 0 saturated carbocycles.